The van der Waals surface area contributed by atoms with Gasteiger partial charge in [-0.1, -0.05) is 30.3 Å². The Morgan fingerprint density at radius 3 is 2.38 bits per heavy atom. The maximum Gasteiger partial charge on any atom is 0.334 e. The van der Waals surface area contributed by atoms with E-state index >= 15 is 0 Å². The van der Waals surface area contributed by atoms with Gasteiger partial charge in [0.05, 0.1) is 0 Å². The molecule has 0 radical (unpaired) electrons. The minimum absolute atomic E-state index is 0. The fourth-order valence-corrected chi connectivity index (χ4v) is 0.919. The van der Waals surface area contributed by atoms with Crippen LogP contribution >= 0.6 is 0 Å². The lowest BCUT2D eigenvalue weighted by Crippen LogP contribution is -3.00. The minimum atomic E-state index is -1.62. The molecule has 1 atom stereocenters. The predicted octanol–water partition coefficient (Wildman–Crippen LogP) is -2.85. The zero-order valence-corrected chi connectivity index (χ0v) is 9.05. The van der Waals surface area contributed by atoms with Crippen LogP contribution in [0.25, 0.3) is 0 Å². The monoisotopic (exact) mass is 244 g/mol. The highest BCUT2D eigenvalue weighted by Gasteiger charge is 2.22. The highest BCUT2D eigenvalue weighted by Crippen LogP contribution is 2.01. The van der Waals surface area contributed by atoms with Crippen molar-refractivity contribution in [2.75, 3.05) is 0 Å². The Kier molecular flexibility index (Phi) is 6.14. The molecule has 1 rings (SSSR count). The van der Waals surface area contributed by atoms with E-state index in [1.165, 1.54) is 0 Å². The van der Waals surface area contributed by atoms with Crippen LogP contribution in [0, 0.1) is 0 Å². The summed E-state index contributed by atoms with van der Waals surface area (Å²) in [6.45, 7) is 0.0284. The summed E-state index contributed by atoms with van der Waals surface area (Å²) in [5.41, 5.74) is 5.83. The second-order valence-corrected chi connectivity index (χ2v) is 2.91. The molecule has 0 aromatic heterocycles. The van der Waals surface area contributed by atoms with Crippen molar-refractivity contribution in [3.05, 3.63) is 35.9 Å². The van der Waals surface area contributed by atoms with E-state index in [0.29, 0.717) is 0 Å². The summed E-state index contributed by atoms with van der Waals surface area (Å²) in [6.07, 6.45) is 0. The molecule has 6 heteroatoms. The average Bonchev–Trinajstić information content (AvgIpc) is 2.26. The molecule has 0 saturated carbocycles. The second-order valence-electron chi connectivity index (χ2n) is 2.91. The van der Waals surface area contributed by atoms with Crippen molar-refractivity contribution in [1.82, 2.24) is 0 Å². The molecule has 0 saturated heterocycles. The lowest BCUT2D eigenvalue weighted by atomic mass is 10.2. The van der Waals surface area contributed by atoms with Gasteiger partial charge in [-0.05, 0) is 5.56 Å². The van der Waals surface area contributed by atoms with Gasteiger partial charge >= 0.3 is 11.9 Å². The van der Waals surface area contributed by atoms with Gasteiger partial charge < -0.3 is 28.0 Å². The molecule has 0 fully saturated rings. The number of benzene rings is 1. The van der Waals surface area contributed by atoms with Crippen molar-refractivity contribution in [3.63, 3.8) is 0 Å². The van der Waals surface area contributed by atoms with Gasteiger partial charge in [0.25, 0.3) is 0 Å². The zero-order valence-electron chi connectivity index (χ0n) is 8.30. The highest BCUT2D eigenvalue weighted by molar-refractivity contribution is 5.97. The molecular weight excluding hydrogens is 234 g/mol. The van der Waals surface area contributed by atoms with Gasteiger partial charge in [-0.3, -0.25) is 0 Å². The second kappa shape index (κ2) is 6.81. The lowest BCUT2D eigenvalue weighted by Gasteiger charge is -2.07. The summed E-state index contributed by atoms with van der Waals surface area (Å²) in [5, 5.41) is 8.42. The number of hydrogen-bond acceptors (Lipinski definition) is 4. The van der Waals surface area contributed by atoms with E-state index in [2.05, 4.69) is 0 Å². The number of aliphatic carboxylic acids is 1. The molecule has 16 heavy (non-hydrogen) atoms. The number of carboxylic acids is 1. The number of halogens is 1. The van der Waals surface area contributed by atoms with Crippen LogP contribution in [0.5, 0.6) is 0 Å². The molecular formula is C10H11ClNO4-. The molecule has 0 heterocycles. The Hall–Kier alpha value is -1.59. The number of rotatable bonds is 4. The molecule has 0 aliphatic carbocycles. The molecule has 0 spiro atoms. The van der Waals surface area contributed by atoms with Crippen LogP contribution in [-0.4, -0.2) is 23.1 Å². The van der Waals surface area contributed by atoms with Gasteiger partial charge in [0, 0.05) is 0 Å². The van der Waals surface area contributed by atoms with Crippen molar-refractivity contribution >= 4 is 11.9 Å². The molecule has 3 N–H and O–H groups in total. The Balaban J connectivity index is 0.00000225. The summed E-state index contributed by atoms with van der Waals surface area (Å²) in [6, 6.07) is 7.32. The van der Waals surface area contributed by atoms with Crippen molar-refractivity contribution in [2.24, 2.45) is 5.73 Å². The molecule has 0 amide bonds. The van der Waals surface area contributed by atoms with Gasteiger partial charge in [0.2, 0.25) is 6.04 Å². The zero-order chi connectivity index (χ0) is 11.3. The third-order valence-electron chi connectivity index (χ3n) is 1.74. The first-order valence-corrected chi connectivity index (χ1v) is 4.30. The fraction of sp³-hybridized carbons (Fsp3) is 0.200. The normalized spacial score (nSPS) is 11.1. The number of carbonyl (C=O) groups is 2. The number of ether oxygens (including phenoxy) is 1. The van der Waals surface area contributed by atoms with Crippen LogP contribution in [0.1, 0.15) is 5.56 Å². The van der Waals surface area contributed by atoms with Gasteiger partial charge in [0.1, 0.15) is 6.61 Å². The van der Waals surface area contributed by atoms with E-state index in [1.807, 2.05) is 6.07 Å². The van der Waals surface area contributed by atoms with Crippen LogP contribution in [0.15, 0.2) is 30.3 Å². The van der Waals surface area contributed by atoms with E-state index in [1.54, 1.807) is 24.3 Å². The molecule has 0 aliphatic rings. The smallest absolute Gasteiger partial charge is 0.334 e. The van der Waals surface area contributed by atoms with E-state index in [4.69, 9.17) is 15.6 Å². The first-order valence-electron chi connectivity index (χ1n) is 4.30. The summed E-state index contributed by atoms with van der Waals surface area (Å²) in [4.78, 5) is 21.4. The molecule has 1 aromatic rings. The lowest BCUT2D eigenvalue weighted by molar-refractivity contribution is -0.154. The van der Waals surface area contributed by atoms with Gasteiger partial charge in [0.15, 0.2) is 0 Å². The van der Waals surface area contributed by atoms with E-state index in [9.17, 15) is 9.59 Å². The summed E-state index contributed by atoms with van der Waals surface area (Å²) in [5.74, 6) is -2.33. The number of carbonyl (C=O) groups excluding carboxylic acids is 1. The molecule has 88 valence electrons. The number of carboxylic acid groups (broad SMARTS) is 1. The molecule has 0 aliphatic heterocycles. The topological polar surface area (TPSA) is 89.6 Å². The number of esters is 1. The van der Waals surface area contributed by atoms with Crippen molar-refractivity contribution in [2.45, 2.75) is 12.6 Å². The average molecular weight is 245 g/mol. The molecule has 0 bridgehead atoms. The summed E-state index contributed by atoms with van der Waals surface area (Å²) < 4.78 is 4.71. The SMILES string of the molecule is NC(C(=O)O)C(=O)OCc1ccccc1.[Cl-]. The Morgan fingerprint density at radius 1 is 1.31 bits per heavy atom. The third kappa shape index (κ3) is 4.29. The fourth-order valence-electron chi connectivity index (χ4n) is 0.919. The number of nitrogens with two attached hydrogens (primary N) is 1. The van der Waals surface area contributed by atoms with Crippen LogP contribution in [0.2, 0.25) is 0 Å². The Bertz CT molecular complexity index is 355. The van der Waals surface area contributed by atoms with Crippen LogP contribution in [0.3, 0.4) is 0 Å². The molecule has 1 unspecified atom stereocenters. The maximum absolute atomic E-state index is 11.0. The standard InChI is InChI=1S/C10H11NO4.ClH/c11-8(9(12)13)10(14)15-6-7-4-2-1-3-5-7;/h1-5,8H,6,11H2,(H,12,13);1H/p-1. The van der Waals surface area contributed by atoms with Gasteiger partial charge in [-0.15, -0.1) is 0 Å². The third-order valence-corrected chi connectivity index (χ3v) is 1.74. The van der Waals surface area contributed by atoms with Crippen LogP contribution in [0.4, 0.5) is 0 Å². The minimum Gasteiger partial charge on any atom is -1.00 e. The molecule has 1 aromatic carbocycles. The first-order chi connectivity index (χ1) is 7.11. The van der Waals surface area contributed by atoms with Crippen LogP contribution < -0.4 is 18.1 Å². The number of hydrogen-bond donors (Lipinski definition) is 2. The van der Waals surface area contributed by atoms with Gasteiger partial charge in [-0.25, -0.2) is 9.59 Å². The quantitative estimate of drug-likeness (QED) is 0.440. The summed E-state index contributed by atoms with van der Waals surface area (Å²) in [7, 11) is 0. The highest BCUT2D eigenvalue weighted by atomic mass is 35.5. The van der Waals surface area contributed by atoms with Crippen molar-refractivity contribution < 1.29 is 31.8 Å². The van der Waals surface area contributed by atoms with E-state index in [0.717, 1.165) is 5.56 Å². The summed E-state index contributed by atoms with van der Waals surface area (Å²) >= 11 is 0. The first kappa shape index (κ1) is 14.4. The van der Waals surface area contributed by atoms with Gasteiger partial charge in [-0.2, -0.15) is 0 Å². The largest absolute Gasteiger partial charge is 1.00 e. The molecule has 5 nitrogen and oxygen atoms in total. The van der Waals surface area contributed by atoms with Crippen molar-refractivity contribution in [3.8, 4) is 0 Å². The van der Waals surface area contributed by atoms with E-state index in [-0.39, 0.29) is 19.0 Å². The Morgan fingerprint density at radius 2 is 1.88 bits per heavy atom. The maximum atomic E-state index is 11.0. The van der Waals surface area contributed by atoms with Crippen LogP contribution in [-0.2, 0) is 20.9 Å². The van der Waals surface area contributed by atoms with E-state index < -0.39 is 18.0 Å². The Labute approximate surface area is 98.6 Å². The predicted molar refractivity (Wildman–Crippen MR) is 51.8 cm³/mol. The van der Waals surface area contributed by atoms with Crippen molar-refractivity contribution in [1.29, 1.82) is 0 Å².